The lowest BCUT2D eigenvalue weighted by atomic mass is 10.00. The maximum Gasteiger partial charge on any atom is 0.123 e. The molecule has 0 aliphatic carbocycles. The monoisotopic (exact) mass is 245 g/mol. The van der Waals surface area contributed by atoms with Crippen LogP contribution in [0, 0.1) is 12.7 Å². The minimum absolute atomic E-state index is 0.240. The highest BCUT2D eigenvalue weighted by Gasteiger charge is 2.09. The van der Waals surface area contributed by atoms with E-state index >= 15 is 0 Å². The second-order valence-electron chi connectivity index (χ2n) is 4.45. The average Bonchev–Trinajstić information content (AvgIpc) is 2.34. The van der Waals surface area contributed by atoms with E-state index in [0.29, 0.717) is 12.8 Å². The molecule has 2 nitrogen and oxygen atoms in total. The van der Waals surface area contributed by atoms with Gasteiger partial charge in [0.05, 0.1) is 6.10 Å². The molecule has 0 radical (unpaired) electrons. The van der Waals surface area contributed by atoms with Crippen molar-refractivity contribution in [2.75, 3.05) is 0 Å². The lowest BCUT2D eigenvalue weighted by Gasteiger charge is -2.12. The van der Waals surface area contributed by atoms with E-state index in [-0.39, 0.29) is 5.82 Å². The Balaban J connectivity index is 2.01. The van der Waals surface area contributed by atoms with E-state index in [0.717, 1.165) is 16.8 Å². The molecule has 2 aromatic rings. The molecule has 0 aliphatic rings. The molecule has 1 aromatic carbocycles. The summed E-state index contributed by atoms with van der Waals surface area (Å²) in [7, 11) is 0. The zero-order chi connectivity index (χ0) is 13.0. The molecule has 0 bridgehead atoms. The Morgan fingerprint density at radius 1 is 1.22 bits per heavy atom. The highest BCUT2D eigenvalue weighted by Crippen LogP contribution is 2.13. The number of aliphatic hydroxyl groups is 1. The summed E-state index contributed by atoms with van der Waals surface area (Å²) in [6, 6.07) is 10.3. The summed E-state index contributed by atoms with van der Waals surface area (Å²) in [6.07, 6.45) is 2.25. The number of pyridine rings is 1. The van der Waals surface area contributed by atoms with Crippen LogP contribution in [-0.2, 0) is 12.8 Å². The molecule has 18 heavy (non-hydrogen) atoms. The lowest BCUT2D eigenvalue weighted by Crippen LogP contribution is -2.15. The highest BCUT2D eigenvalue weighted by molar-refractivity contribution is 5.27. The van der Waals surface area contributed by atoms with E-state index < -0.39 is 6.10 Å². The van der Waals surface area contributed by atoms with Crippen molar-refractivity contribution in [2.24, 2.45) is 0 Å². The van der Waals surface area contributed by atoms with Gasteiger partial charge in [-0.25, -0.2) is 4.39 Å². The van der Waals surface area contributed by atoms with Crippen molar-refractivity contribution in [2.45, 2.75) is 25.9 Å². The molecule has 94 valence electrons. The average molecular weight is 245 g/mol. The van der Waals surface area contributed by atoms with Crippen molar-refractivity contribution in [3.8, 4) is 0 Å². The molecule has 1 heterocycles. The Bertz CT molecular complexity index is 513. The van der Waals surface area contributed by atoms with Crippen molar-refractivity contribution in [3.63, 3.8) is 0 Å². The maximum absolute atomic E-state index is 13.0. The topological polar surface area (TPSA) is 33.1 Å². The van der Waals surface area contributed by atoms with Gasteiger partial charge in [-0.05, 0) is 48.7 Å². The molecule has 0 amide bonds. The minimum Gasteiger partial charge on any atom is -0.392 e. The summed E-state index contributed by atoms with van der Waals surface area (Å²) < 4.78 is 13.0. The number of benzene rings is 1. The molecule has 0 saturated heterocycles. The molecule has 0 fully saturated rings. The lowest BCUT2D eigenvalue weighted by molar-refractivity contribution is 0.174. The molecule has 0 saturated carbocycles. The predicted molar refractivity (Wildman–Crippen MR) is 68.8 cm³/mol. The third-order valence-electron chi connectivity index (χ3n) is 2.93. The number of halogens is 1. The number of aliphatic hydroxyl groups excluding tert-OH is 1. The van der Waals surface area contributed by atoms with Gasteiger partial charge in [-0.2, -0.15) is 0 Å². The van der Waals surface area contributed by atoms with Crippen LogP contribution in [0.25, 0.3) is 0 Å². The molecule has 2 rings (SSSR count). The van der Waals surface area contributed by atoms with Crippen LogP contribution >= 0.6 is 0 Å². The number of nitrogens with zero attached hydrogens (tertiary/aromatic N) is 1. The zero-order valence-corrected chi connectivity index (χ0v) is 10.3. The van der Waals surface area contributed by atoms with Crippen molar-refractivity contribution < 1.29 is 9.50 Å². The maximum atomic E-state index is 13.0. The molecular weight excluding hydrogens is 229 g/mol. The van der Waals surface area contributed by atoms with Gasteiger partial charge in [0.1, 0.15) is 5.82 Å². The number of rotatable bonds is 4. The van der Waals surface area contributed by atoms with E-state index in [1.54, 1.807) is 12.3 Å². The standard InChI is InChI=1S/C15H16FNO/c1-11-8-13(16)6-5-12(11)9-15(18)10-14-4-2-3-7-17-14/h2-8,15,18H,9-10H2,1H3. The smallest absolute Gasteiger partial charge is 0.123 e. The summed E-state index contributed by atoms with van der Waals surface area (Å²) in [5.41, 5.74) is 2.71. The van der Waals surface area contributed by atoms with E-state index in [1.165, 1.54) is 12.1 Å². The molecule has 0 aliphatic heterocycles. The van der Waals surface area contributed by atoms with Crippen LogP contribution in [0.2, 0.25) is 0 Å². The van der Waals surface area contributed by atoms with Gasteiger partial charge in [0.25, 0.3) is 0 Å². The van der Waals surface area contributed by atoms with Gasteiger partial charge in [0, 0.05) is 18.3 Å². The van der Waals surface area contributed by atoms with E-state index in [9.17, 15) is 9.50 Å². The molecule has 1 aromatic heterocycles. The van der Waals surface area contributed by atoms with Crippen molar-refractivity contribution in [1.29, 1.82) is 0 Å². The Morgan fingerprint density at radius 3 is 2.72 bits per heavy atom. The van der Waals surface area contributed by atoms with Crippen molar-refractivity contribution >= 4 is 0 Å². The third kappa shape index (κ3) is 3.37. The number of hydrogen-bond donors (Lipinski definition) is 1. The van der Waals surface area contributed by atoms with Gasteiger partial charge in [-0.15, -0.1) is 0 Å². The number of hydrogen-bond acceptors (Lipinski definition) is 2. The summed E-state index contributed by atoms with van der Waals surface area (Å²) in [5, 5.41) is 10.0. The first-order valence-corrected chi connectivity index (χ1v) is 5.98. The Labute approximate surface area is 106 Å². The molecule has 1 unspecified atom stereocenters. The quantitative estimate of drug-likeness (QED) is 0.898. The second kappa shape index (κ2) is 5.74. The van der Waals surface area contributed by atoms with Gasteiger partial charge in [-0.1, -0.05) is 12.1 Å². The summed E-state index contributed by atoms with van der Waals surface area (Å²) in [6.45, 7) is 1.85. The number of aryl methyl sites for hydroxylation is 1. The summed E-state index contributed by atoms with van der Waals surface area (Å²) in [5.74, 6) is -0.240. The first-order chi connectivity index (χ1) is 8.65. The SMILES string of the molecule is Cc1cc(F)ccc1CC(O)Cc1ccccn1. The molecule has 1 N–H and O–H groups in total. The van der Waals surface area contributed by atoms with Crippen molar-refractivity contribution in [1.82, 2.24) is 4.98 Å². The van der Waals surface area contributed by atoms with Gasteiger partial charge >= 0.3 is 0 Å². The second-order valence-corrected chi connectivity index (χ2v) is 4.45. The zero-order valence-electron chi connectivity index (χ0n) is 10.3. The fraction of sp³-hybridized carbons (Fsp3) is 0.267. The van der Waals surface area contributed by atoms with Gasteiger partial charge in [0.15, 0.2) is 0 Å². The first-order valence-electron chi connectivity index (χ1n) is 5.98. The van der Waals surface area contributed by atoms with Crippen molar-refractivity contribution in [3.05, 3.63) is 65.2 Å². The van der Waals surface area contributed by atoms with Crippen LogP contribution in [0.3, 0.4) is 0 Å². The Hall–Kier alpha value is -1.74. The van der Waals surface area contributed by atoms with Crippen LogP contribution < -0.4 is 0 Å². The van der Waals surface area contributed by atoms with Gasteiger partial charge in [0.2, 0.25) is 0 Å². The van der Waals surface area contributed by atoms with Crippen LogP contribution in [0.5, 0.6) is 0 Å². The summed E-state index contributed by atoms with van der Waals surface area (Å²) >= 11 is 0. The highest BCUT2D eigenvalue weighted by atomic mass is 19.1. The molecule has 1 atom stereocenters. The first kappa shape index (κ1) is 12.7. The normalized spacial score (nSPS) is 12.4. The van der Waals surface area contributed by atoms with Gasteiger partial charge in [-0.3, -0.25) is 4.98 Å². The predicted octanol–water partition coefficient (Wildman–Crippen LogP) is 2.68. The third-order valence-corrected chi connectivity index (χ3v) is 2.93. The molecular formula is C15H16FNO. The van der Waals surface area contributed by atoms with E-state index in [4.69, 9.17) is 0 Å². The molecule has 3 heteroatoms. The van der Waals surface area contributed by atoms with Crippen LogP contribution in [0.4, 0.5) is 4.39 Å². The van der Waals surface area contributed by atoms with E-state index in [2.05, 4.69) is 4.98 Å². The summed E-state index contributed by atoms with van der Waals surface area (Å²) in [4.78, 5) is 4.18. The van der Waals surface area contributed by atoms with Crippen LogP contribution in [0.1, 0.15) is 16.8 Å². The number of aromatic nitrogens is 1. The minimum atomic E-state index is -0.496. The van der Waals surface area contributed by atoms with Crippen LogP contribution in [0.15, 0.2) is 42.6 Å². The fourth-order valence-corrected chi connectivity index (χ4v) is 1.97. The Kier molecular flexibility index (Phi) is 4.05. The van der Waals surface area contributed by atoms with Crippen LogP contribution in [-0.4, -0.2) is 16.2 Å². The largest absolute Gasteiger partial charge is 0.392 e. The Morgan fingerprint density at radius 2 is 2.06 bits per heavy atom. The van der Waals surface area contributed by atoms with E-state index in [1.807, 2.05) is 25.1 Å². The molecule has 0 spiro atoms. The fourth-order valence-electron chi connectivity index (χ4n) is 1.97. The van der Waals surface area contributed by atoms with Gasteiger partial charge < -0.3 is 5.11 Å².